The van der Waals surface area contributed by atoms with E-state index in [2.05, 4.69) is 148 Å². The van der Waals surface area contributed by atoms with Gasteiger partial charge in [-0.3, -0.25) is 15.6 Å². The van der Waals surface area contributed by atoms with E-state index in [-0.39, 0.29) is 33.9 Å². The molecule has 0 aliphatic carbocycles. The zero-order chi connectivity index (χ0) is 62.9. The Kier molecular flexibility index (Phi) is 22.9. The highest BCUT2D eigenvalue weighted by molar-refractivity contribution is 6.58. The number of benzene rings is 4. The van der Waals surface area contributed by atoms with Crippen molar-refractivity contribution in [3.05, 3.63) is 202 Å². The maximum Gasteiger partial charge on any atom is 0.488 e. The second-order valence-corrected chi connectivity index (χ2v) is 21.7. The van der Waals surface area contributed by atoms with Crippen LogP contribution in [0, 0.1) is 0 Å². The van der Waals surface area contributed by atoms with Crippen LogP contribution >= 0.6 is 34.8 Å². The molecule has 0 saturated heterocycles. The predicted molar refractivity (Wildman–Crippen MR) is 346 cm³/mol. The number of nitrogens with two attached hydrogens (primary N) is 4. The summed E-state index contributed by atoms with van der Waals surface area (Å²) in [6.07, 6.45) is 3.02. The predicted octanol–water partition coefficient (Wildman–Crippen LogP) is 12.3. The summed E-state index contributed by atoms with van der Waals surface area (Å²) in [5.41, 5.74) is 39.1. The molecule has 0 bridgehead atoms. The maximum absolute atomic E-state index is 11.9. The van der Waals surface area contributed by atoms with E-state index >= 15 is 0 Å². The molecule has 25 heteroatoms. The van der Waals surface area contributed by atoms with Crippen LogP contribution < -0.4 is 39.2 Å². The van der Waals surface area contributed by atoms with Crippen molar-refractivity contribution in [1.29, 1.82) is 0 Å². The van der Waals surface area contributed by atoms with Crippen molar-refractivity contribution in [3.63, 3.8) is 0 Å². The van der Waals surface area contributed by atoms with Crippen LogP contribution in [0.25, 0.3) is 51.0 Å². The molecule has 7 aromatic heterocycles. The van der Waals surface area contributed by atoms with Crippen molar-refractivity contribution in [2.24, 2.45) is 0 Å². The van der Waals surface area contributed by atoms with E-state index in [4.69, 9.17) is 76.6 Å². The Morgan fingerprint density at radius 1 is 0.506 bits per heavy atom. The van der Waals surface area contributed by atoms with Gasteiger partial charge in [0, 0.05) is 41.0 Å². The number of carbonyl (C=O) groups is 1. The zero-order valence-electron chi connectivity index (χ0n) is 48.9. The van der Waals surface area contributed by atoms with E-state index < -0.39 is 13.0 Å². The number of nitrogen functional groups attached to an aromatic ring is 4. The SMILES string of the molecule is CC(C)c1cccc(-c2cc(Cl)nc(N)n2)c1.CC(C)c1cccc(-c2cc(NNC(=O)c3ccco3)nc(N)n2)c1.CC(C)c1cccc(-c2cc3nc(-c4ccco4)nn3c(N)n2)c1.CC(C)c1cccc(B(O)O)c1.Nc1nc(Cl)cc(Cl)n1. The van der Waals surface area contributed by atoms with Crippen molar-refractivity contribution in [2.75, 3.05) is 28.4 Å². The normalized spacial score (nSPS) is 10.8. The van der Waals surface area contributed by atoms with Gasteiger partial charge in [0.2, 0.25) is 29.6 Å². The van der Waals surface area contributed by atoms with Gasteiger partial charge >= 0.3 is 13.0 Å². The van der Waals surface area contributed by atoms with E-state index in [0.717, 1.165) is 33.6 Å². The molecule has 0 atom stereocenters. The van der Waals surface area contributed by atoms with Crippen LogP contribution in [-0.2, 0) is 0 Å². The third-order valence-electron chi connectivity index (χ3n) is 12.7. The summed E-state index contributed by atoms with van der Waals surface area (Å²) >= 11 is 16.7. The first-order chi connectivity index (χ1) is 41.5. The average Bonchev–Trinajstić information content (AvgIpc) is 2.09. The molecule has 0 spiro atoms. The van der Waals surface area contributed by atoms with Gasteiger partial charge in [-0.15, -0.1) is 5.10 Å². The number of nitrogens with zero attached hydrogens (tertiary/aromatic N) is 10. The number of aromatic nitrogens is 10. The molecule has 448 valence electrons. The minimum absolute atomic E-state index is 0.0903. The Hall–Kier alpha value is -9.45. The quantitative estimate of drug-likeness (QED) is 0.0320. The van der Waals surface area contributed by atoms with E-state index in [1.807, 2.05) is 66.7 Å². The molecule has 21 nitrogen and oxygen atoms in total. The summed E-state index contributed by atoms with van der Waals surface area (Å²) < 4.78 is 11.9. The number of halogens is 3. The molecular formula is C62H66BCl3N16O5. The second kappa shape index (κ2) is 30.6. The smallest absolute Gasteiger partial charge is 0.461 e. The summed E-state index contributed by atoms with van der Waals surface area (Å²) in [4.78, 5) is 44.4. The highest BCUT2D eigenvalue weighted by atomic mass is 35.5. The second-order valence-electron chi connectivity index (χ2n) is 20.6. The number of anilines is 5. The lowest BCUT2D eigenvalue weighted by Crippen LogP contribution is -2.29. The van der Waals surface area contributed by atoms with E-state index in [1.54, 1.807) is 42.7 Å². The molecule has 0 aliphatic rings. The molecule has 0 radical (unpaired) electrons. The van der Waals surface area contributed by atoms with Crippen molar-refractivity contribution >= 4 is 88.5 Å². The Morgan fingerprint density at radius 3 is 1.44 bits per heavy atom. The number of nitrogens with one attached hydrogen (secondary N) is 2. The molecule has 0 unspecified atom stereocenters. The molecule has 0 saturated carbocycles. The van der Waals surface area contributed by atoms with Gasteiger partial charge in [-0.25, -0.2) is 34.9 Å². The van der Waals surface area contributed by atoms with Crippen LogP contribution in [0.3, 0.4) is 0 Å². The molecule has 0 fully saturated rings. The number of hydrogen-bond donors (Lipinski definition) is 8. The van der Waals surface area contributed by atoms with Crippen LogP contribution in [0.1, 0.15) is 112 Å². The van der Waals surface area contributed by atoms with Gasteiger partial charge in [0.25, 0.3) is 0 Å². The number of amides is 1. The van der Waals surface area contributed by atoms with Crippen molar-refractivity contribution in [3.8, 4) is 45.4 Å². The Bertz CT molecular complexity index is 3940. The first-order valence-corrected chi connectivity index (χ1v) is 28.5. The monoisotopic (exact) mass is 1230 g/mol. The Morgan fingerprint density at radius 2 is 0.966 bits per heavy atom. The lowest BCUT2D eigenvalue weighted by atomic mass is 9.79. The van der Waals surface area contributed by atoms with Crippen LogP contribution in [0.15, 0.2) is 167 Å². The molecule has 11 aromatic rings. The molecule has 11 rings (SSSR count). The summed E-state index contributed by atoms with van der Waals surface area (Å²) in [6.45, 7) is 17.0. The molecule has 0 aliphatic heterocycles. The largest absolute Gasteiger partial charge is 0.488 e. The van der Waals surface area contributed by atoms with Gasteiger partial charge in [-0.1, -0.05) is 169 Å². The number of hydrazine groups is 1. The fourth-order valence-corrected chi connectivity index (χ4v) is 8.70. The third-order valence-corrected chi connectivity index (χ3v) is 13.3. The average molecular weight is 1230 g/mol. The van der Waals surface area contributed by atoms with E-state index in [9.17, 15) is 4.79 Å². The molecular weight excluding hydrogens is 1170 g/mol. The van der Waals surface area contributed by atoms with Gasteiger partial charge < -0.3 is 41.8 Å². The van der Waals surface area contributed by atoms with Crippen molar-refractivity contribution in [2.45, 2.75) is 79.1 Å². The number of hydrogen-bond acceptors (Lipinski definition) is 19. The Balaban J connectivity index is 0.000000162. The number of furan rings is 2. The van der Waals surface area contributed by atoms with Gasteiger partial charge in [-0.2, -0.15) is 9.50 Å². The summed E-state index contributed by atoms with van der Waals surface area (Å²) in [7, 11) is -1.36. The van der Waals surface area contributed by atoms with Gasteiger partial charge in [0.1, 0.15) is 15.5 Å². The molecule has 12 N–H and O–H groups in total. The van der Waals surface area contributed by atoms with E-state index in [0.29, 0.717) is 69.0 Å². The summed E-state index contributed by atoms with van der Waals surface area (Å²) in [5.74, 6) is 3.70. The Labute approximate surface area is 518 Å². The lowest BCUT2D eigenvalue weighted by Gasteiger charge is -2.11. The van der Waals surface area contributed by atoms with Gasteiger partial charge in [0.05, 0.1) is 29.6 Å². The topological polar surface area (TPSA) is 332 Å². The van der Waals surface area contributed by atoms with Crippen molar-refractivity contribution in [1.82, 2.24) is 54.9 Å². The summed E-state index contributed by atoms with van der Waals surface area (Å²) in [6, 6.07) is 45.5. The first-order valence-electron chi connectivity index (χ1n) is 27.3. The van der Waals surface area contributed by atoms with Gasteiger partial charge in [0.15, 0.2) is 23.0 Å². The fraction of sp³-hybridized carbons (Fsp3) is 0.194. The lowest BCUT2D eigenvalue weighted by molar-refractivity contribution is 0.0935. The fourth-order valence-electron chi connectivity index (χ4n) is 8.08. The van der Waals surface area contributed by atoms with E-state index in [1.165, 1.54) is 33.5 Å². The summed E-state index contributed by atoms with van der Waals surface area (Å²) in [5, 5.41) is 23.0. The number of fused-ring (bicyclic) bond motifs is 1. The number of rotatable bonds is 12. The van der Waals surface area contributed by atoms with Crippen molar-refractivity contribution < 1.29 is 23.7 Å². The standard InChI is InChI=1S/C18H19N5O2.C18H17N5O.C13H14ClN3.C9H13BO2.C4H3Cl2N3/c1-11(2)12-5-3-6-13(9-12)14-10-16(21-18(19)20-14)22-23-17(24)15-7-4-8-25-15;1-11(2)12-5-3-6-13(9-12)14-10-16-21-17(15-7-4-8-24-15)22-23(16)18(19)20-14;1-8(2)9-4-3-5-10(6-9)11-7-12(14)17-13(15)16-11;1-7(2)8-4-3-5-9(6-8)10(11)12;5-2-1-3(6)9-4(7)8-2/h3-11H,1-2H3,(H,23,24)(H3,19,20,21,22);3-11H,1-2H3,(H2,19,20);3-8H,1-2H3,(H2,15,16,17);3-7,11-12H,1-2H3;1H,(H2,7,8,9). The minimum Gasteiger partial charge on any atom is -0.461 e. The highest BCUT2D eigenvalue weighted by Gasteiger charge is 2.16. The van der Waals surface area contributed by atoms with Crippen LogP contribution in [0.5, 0.6) is 0 Å². The molecule has 87 heavy (non-hydrogen) atoms. The minimum atomic E-state index is -1.36. The maximum atomic E-state index is 11.9. The van der Waals surface area contributed by atoms with Crippen LogP contribution in [0.2, 0.25) is 15.5 Å². The number of carbonyl (C=O) groups excluding carboxylic acids is 1. The molecule has 7 heterocycles. The third kappa shape index (κ3) is 19.0. The van der Waals surface area contributed by atoms with Gasteiger partial charge in [-0.05, 0) is 93.9 Å². The molecule has 1 amide bonds. The van der Waals surface area contributed by atoms with Crippen LogP contribution in [-0.4, -0.2) is 72.6 Å². The molecule has 4 aromatic carbocycles. The zero-order valence-corrected chi connectivity index (χ0v) is 51.2. The first kappa shape index (κ1) is 65.1. The van der Waals surface area contributed by atoms with Crippen LogP contribution in [0.4, 0.5) is 29.6 Å². The highest BCUT2D eigenvalue weighted by Crippen LogP contribution is 2.28.